The molecule has 0 unspecified atom stereocenters. The number of thiophene rings is 1. The molecule has 3 aromatic rings. The second-order valence-electron chi connectivity index (χ2n) is 6.17. The van der Waals surface area contributed by atoms with E-state index in [0.29, 0.717) is 12.5 Å². The standard InChI is InChI=1S/C18H18FN3OS/c1-22-17(23)15-13-4-2-3-5-14(13)24-16(15)21-18(22)20-10-11-6-8-12(19)9-7-11/h6-9H,2-5,10H2,1H3,(H,20,21). The minimum Gasteiger partial charge on any atom is -0.351 e. The average molecular weight is 343 g/mol. The molecule has 1 aliphatic carbocycles. The van der Waals surface area contributed by atoms with Gasteiger partial charge < -0.3 is 5.32 Å². The summed E-state index contributed by atoms with van der Waals surface area (Å²) in [5.41, 5.74) is 2.16. The highest BCUT2D eigenvalue weighted by molar-refractivity contribution is 7.18. The first-order valence-corrected chi connectivity index (χ1v) is 8.95. The first kappa shape index (κ1) is 15.3. The first-order valence-electron chi connectivity index (χ1n) is 8.13. The molecule has 2 heterocycles. The third kappa shape index (κ3) is 2.60. The number of halogens is 1. The van der Waals surface area contributed by atoms with Gasteiger partial charge in [0.1, 0.15) is 10.6 Å². The van der Waals surface area contributed by atoms with Crippen LogP contribution in [0.4, 0.5) is 10.3 Å². The van der Waals surface area contributed by atoms with Crippen molar-refractivity contribution in [1.29, 1.82) is 0 Å². The first-order chi connectivity index (χ1) is 11.6. The molecule has 4 nitrogen and oxygen atoms in total. The number of rotatable bonds is 3. The molecule has 0 aliphatic heterocycles. The SMILES string of the molecule is Cn1c(NCc2ccc(F)cc2)nc2sc3c(c2c1=O)CCCC3. The van der Waals surface area contributed by atoms with Crippen LogP contribution in [-0.4, -0.2) is 9.55 Å². The van der Waals surface area contributed by atoms with Gasteiger partial charge in [-0.2, -0.15) is 0 Å². The number of fused-ring (bicyclic) bond motifs is 3. The Hall–Kier alpha value is -2.21. The lowest BCUT2D eigenvalue weighted by molar-refractivity contribution is 0.627. The van der Waals surface area contributed by atoms with Crippen LogP contribution in [0.3, 0.4) is 0 Å². The summed E-state index contributed by atoms with van der Waals surface area (Å²) in [6.07, 6.45) is 4.37. The van der Waals surface area contributed by atoms with Crippen molar-refractivity contribution in [3.05, 3.63) is 56.4 Å². The van der Waals surface area contributed by atoms with Gasteiger partial charge in [-0.3, -0.25) is 9.36 Å². The van der Waals surface area contributed by atoms with E-state index in [1.54, 1.807) is 35.1 Å². The maximum Gasteiger partial charge on any atom is 0.263 e. The van der Waals surface area contributed by atoms with Gasteiger partial charge in [-0.05, 0) is 48.9 Å². The van der Waals surface area contributed by atoms with Crippen LogP contribution in [0.25, 0.3) is 10.2 Å². The highest BCUT2D eigenvalue weighted by Crippen LogP contribution is 2.34. The summed E-state index contributed by atoms with van der Waals surface area (Å²) in [5.74, 6) is 0.297. The summed E-state index contributed by atoms with van der Waals surface area (Å²) >= 11 is 1.65. The Morgan fingerprint density at radius 1 is 1.25 bits per heavy atom. The predicted octanol–water partition coefficient (Wildman–Crippen LogP) is 3.63. The summed E-state index contributed by atoms with van der Waals surface area (Å²) in [5, 5.41) is 3.99. The normalized spacial score (nSPS) is 13.9. The summed E-state index contributed by atoms with van der Waals surface area (Å²) in [7, 11) is 1.74. The molecule has 0 radical (unpaired) electrons. The summed E-state index contributed by atoms with van der Waals surface area (Å²) in [4.78, 5) is 19.6. The summed E-state index contributed by atoms with van der Waals surface area (Å²) < 4.78 is 14.6. The fourth-order valence-corrected chi connectivity index (χ4v) is 4.48. The second kappa shape index (κ2) is 6.02. The van der Waals surface area contributed by atoms with Crippen molar-refractivity contribution in [3.63, 3.8) is 0 Å². The van der Waals surface area contributed by atoms with Crippen molar-refractivity contribution in [3.8, 4) is 0 Å². The van der Waals surface area contributed by atoms with E-state index in [-0.39, 0.29) is 11.4 Å². The Bertz CT molecular complexity index is 959. The van der Waals surface area contributed by atoms with Gasteiger partial charge in [-0.25, -0.2) is 9.37 Å². The molecule has 0 saturated heterocycles. The van der Waals surface area contributed by atoms with Gasteiger partial charge in [0.25, 0.3) is 5.56 Å². The number of nitrogens with zero attached hydrogens (tertiary/aromatic N) is 2. The van der Waals surface area contributed by atoms with Crippen molar-refractivity contribution < 1.29 is 4.39 Å². The molecule has 0 saturated carbocycles. The number of hydrogen-bond donors (Lipinski definition) is 1. The quantitative estimate of drug-likeness (QED) is 0.790. The predicted molar refractivity (Wildman–Crippen MR) is 95.2 cm³/mol. The third-order valence-electron chi connectivity index (χ3n) is 4.56. The van der Waals surface area contributed by atoms with Crippen LogP contribution in [0, 0.1) is 5.82 Å². The lowest BCUT2D eigenvalue weighted by Crippen LogP contribution is -2.22. The van der Waals surface area contributed by atoms with Crippen LogP contribution in [0.1, 0.15) is 28.8 Å². The van der Waals surface area contributed by atoms with E-state index in [4.69, 9.17) is 0 Å². The van der Waals surface area contributed by atoms with Gasteiger partial charge in [-0.1, -0.05) is 12.1 Å². The summed E-state index contributed by atoms with van der Waals surface area (Å²) in [6, 6.07) is 6.31. The molecule has 1 aliphatic rings. The molecule has 0 spiro atoms. The number of anilines is 1. The number of aromatic nitrogens is 2. The Labute approximate surface area is 143 Å². The molecule has 0 bridgehead atoms. The lowest BCUT2D eigenvalue weighted by atomic mass is 9.97. The maximum absolute atomic E-state index is 13.0. The molecule has 0 atom stereocenters. The molecular weight excluding hydrogens is 325 g/mol. The Balaban J connectivity index is 1.70. The van der Waals surface area contributed by atoms with Crippen molar-refractivity contribution in [2.75, 3.05) is 5.32 Å². The van der Waals surface area contributed by atoms with Gasteiger partial charge in [0.15, 0.2) is 0 Å². The van der Waals surface area contributed by atoms with Crippen LogP contribution in [0.15, 0.2) is 29.1 Å². The van der Waals surface area contributed by atoms with E-state index in [1.807, 2.05) is 0 Å². The molecule has 2 aromatic heterocycles. The molecule has 0 fully saturated rings. The van der Waals surface area contributed by atoms with Crippen molar-refractivity contribution in [2.24, 2.45) is 7.05 Å². The Kier molecular flexibility index (Phi) is 3.84. The van der Waals surface area contributed by atoms with E-state index in [1.165, 1.54) is 29.0 Å². The van der Waals surface area contributed by atoms with Crippen LogP contribution in [0.5, 0.6) is 0 Å². The third-order valence-corrected chi connectivity index (χ3v) is 5.75. The van der Waals surface area contributed by atoms with Gasteiger partial charge in [-0.15, -0.1) is 11.3 Å². The second-order valence-corrected chi connectivity index (χ2v) is 7.25. The smallest absolute Gasteiger partial charge is 0.263 e. The molecule has 1 N–H and O–H groups in total. The van der Waals surface area contributed by atoms with Crippen LogP contribution in [0.2, 0.25) is 0 Å². The number of hydrogen-bond acceptors (Lipinski definition) is 4. The zero-order valence-electron chi connectivity index (χ0n) is 13.4. The molecular formula is C18H18FN3OS. The number of nitrogens with one attached hydrogen (secondary N) is 1. The Morgan fingerprint density at radius 2 is 2.00 bits per heavy atom. The zero-order valence-corrected chi connectivity index (χ0v) is 14.3. The van der Waals surface area contributed by atoms with Crippen molar-refractivity contribution in [2.45, 2.75) is 32.2 Å². The average Bonchev–Trinajstić information content (AvgIpc) is 2.96. The monoisotopic (exact) mass is 343 g/mol. The molecule has 0 amide bonds. The van der Waals surface area contributed by atoms with Gasteiger partial charge in [0.2, 0.25) is 5.95 Å². The minimum atomic E-state index is -0.255. The van der Waals surface area contributed by atoms with Gasteiger partial charge in [0, 0.05) is 18.5 Å². The zero-order chi connectivity index (χ0) is 16.7. The molecule has 124 valence electrons. The largest absolute Gasteiger partial charge is 0.351 e. The number of benzene rings is 1. The number of aryl methyl sites for hydroxylation is 2. The van der Waals surface area contributed by atoms with E-state index in [2.05, 4.69) is 10.3 Å². The molecule has 4 rings (SSSR count). The summed E-state index contributed by atoms with van der Waals surface area (Å²) in [6.45, 7) is 0.497. The molecule has 6 heteroatoms. The topological polar surface area (TPSA) is 46.9 Å². The van der Waals surface area contributed by atoms with Crippen LogP contribution in [-0.2, 0) is 26.4 Å². The van der Waals surface area contributed by atoms with E-state index in [0.717, 1.165) is 35.0 Å². The van der Waals surface area contributed by atoms with Gasteiger partial charge >= 0.3 is 0 Å². The van der Waals surface area contributed by atoms with Gasteiger partial charge in [0.05, 0.1) is 5.39 Å². The highest BCUT2D eigenvalue weighted by Gasteiger charge is 2.21. The van der Waals surface area contributed by atoms with E-state index in [9.17, 15) is 9.18 Å². The molecule has 1 aromatic carbocycles. The fourth-order valence-electron chi connectivity index (χ4n) is 3.23. The Morgan fingerprint density at radius 3 is 2.79 bits per heavy atom. The van der Waals surface area contributed by atoms with Crippen LogP contribution < -0.4 is 10.9 Å². The van der Waals surface area contributed by atoms with E-state index >= 15 is 0 Å². The highest BCUT2D eigenvalue weighted by atomic mass is 32.1. The van der Waals surface area contributed by atoms with Crippen molar-refractivity contribution >= 4 is 27.5 Å². The maximum atomic E-state index is 13.0. The molecule has 24 heavy (non-hydrogen) atoms. The van der Waals surface area contributed by atoms with E-state index < -0.39 is 0 Å². The van der Waals surface area contributed by atoms with Crippen LogP contribution >= 0.6 is 11.3 Å². The fraction of sp³-hybridized carbons (Fsp3) is 0.333. The lowest BCUT2D eigenvalue weighted by Gasteiger charge is -2.12. The minimum absolute atomic E-state index is 0.0148. The van der Waals surface area contributed by atoms with Crippen molar-refractivity contribution in [1.82, 2.24) is 9.55 Å².